The largest absolute Gasteiger partial charge is 0.405 e. The molecule has 1 aromatic rings. The van der Waals surface area contributed by atoms with Crippen LogP contribution in [0.3, 0.4) is 0 Å². The van der Waals surface area contributed by atoms with Crippen LogP contribution in [0.1, 0.15) is 22.8 Å². The van der Waals surface area contributed by atoms with Gasteiger partial charge in [0, 0.05) is 11.3 Å². The number of alkyl halides is 3. The molecule has 0 unspecified atom stereocenters. The van der Waals surface area contributed by atoms with E-state index < -0.39 is 18.6 Å². The van der Waals surface area contributed by atoms with E-state index in [1.54, 1.807) is 11.4 Å². The zero-order chi connectivity index (χ0) is 13.1. The number of nitrogens with two attached hydrogens (primary N) is 1. The summed E-state index contributed by atoms with van der Waals surface area (Å²) in [6, 6.07) is 4.56. The predicted octanol–water partition coefficient (Wildman–Crippen LogP) is 2.12. The Morgan fingerprint density at radius 1 is 1.35 bits per heavy atom. The van der Waals surface area contributed by atoms with Crippen LogP contribution in [-0.2, 0) is 6.42 Å². The van der Waals surface area contributed by atoms with Crippen molar-refractivity contribution in [1.29, 1.82) is 0 Å². The van der Waals surface area contributed by atoms with Gasteiger partial charge in [0.05, 0.1) is 0 Å². The molecule has 0 aliphatic heterocycles. The smallest absolute Gasteiger partial charge is 0.399 e. The van der Waals surface area contributed by atoms with Crippen LogP contribution in [0, 0.1) is 0 Å². The SMILES string of the molecule is CCc1cc(N)cc(C(=O)NCC(F)(F)F)c1. The van der Waals surface area contributed by atoms with Crippen LogP contribution in [0.25, 0.3) is 0 Å². The van der Waals surface area contributed by atoms with Crippen molar-refractivity contribution in [3.05, 3.63) is 29.3 Å². The third kappa shape index (κ3) is 4.34. The first-order valence-electron chi connectivity index (χ1n) is 5.06. The predicted molar refractivity (Wildman–Crippen MR) is 58.6 cm³/mol. The number of nitrogen functional groups attached to an aromatic ring is 1. The van der Waals surface area contributed by atoms with Crippen molar-refractivity contribution in [3.8, 4) is 0 Å². The molecule has 3 N–H and O–H groups in total. The number of carbonyl (C=O) groups is 1. The number of halogens is 3. The minimum atomic E-state index is -4.41. The van der Waals surface area contributed by atoms with Gasteiger partial charge in [0.15, 0.2) is 0 Å². The maximum Gasteiger partial charge on any atom is 0.405 e. The molecule has 0 saturated heterocycles. The second-order valence-corrected chi connectivity index (χ2v) is 3.61. The van der Waals surface area contributed by atoms with E-state index in [9.17, 15) is 18.0 Å². The summed E-state index contributed by atoms with van der Waals surface area (Å²) in [5.74, 6) is -0.774. The van der Waals surface area contributed by atoms with E-state index in [2.05, 4.69) is 0 Å². The quantitative estimate of drug-likeness (QED) is 0.803. The van der Waals surface area contributed by atoms with E-state index in [-0.39, 0.29) is 5.56 Å². The van der Waals surface area contributed by atoms with E-state index >= 15 is 0 Å². The number of rotatable bonds is 3. The monoisotopic (exact) mass is 246 g/mol. The number of benzene rings is 1. The molecule has 0 atom stereocenters. The van der Waals surface area contributed by atoms with Crippen molar-refractivity contribution < 1.29 is 18.0 Å². The van der Waals surface area contributed by atoms with Gasteiger partial charge in [0.1, 0.15) is 6.54 Å². The molecule has 1 amide bonds. The number of hydrogen-bond donors (Lipinski definition) is 2. The summed E-state index contributed by atoms with van der Waals surface area (Å²) in [5.41, 5.74) is 6.87. The summed E-state index contributed by atoms with van der Waals surface area (Å²) < 4.78 is 35.8. The molecule has 0 saturated carbocycles. The maximum atomic E-state index is 11.9. The van der Waals surface area contributed by atoms with E-state index in [0.717, 1.165) is 5.56 Å². The Labute approximate surface area is 96.8 Å². The molecule has 17 heavy (non-hydrogen) atoms. The van der Waals surface area contributed by atoms with Crippen molar-refractivity contribution >= 4 is 11.6 Å². The molecule has 0 spiro atoms. The topological polar surface area (TPSA) is 55.1 Å². The van der Waals surface area contributed by atoms with Gasteiger partial charge in [-0.05, 0) is 30.2 Å². The van der Waals surface area contributed by atoms with Crippen LogP contribution in [-0.4, -0.2) is 18.6 Å². The Kier molecular flexibility index (Phi) is 3.98. The third-order valence-corrected chi connectivity index (χ3v) is 2.13. The molecule has 0 bridgehead atoms. The fraction of sp³-hybridized carbons (Fsp3) is 0.364. The Hall–Kier alpha value is -1.72. The number of carbonyl (C=O) groups excluding carboxylic acids is 1. The normalized spacial score (nSPS) is 11.3. The summed E-state index contributed by atoms with van der Waals surface area (Å²) in [7, 11) is 0. The number of anilines is 1. The molecule has 94 valence electrons. The number of amides is 1. The molecule has 0 aliphatic rings. The highest BCUT2D eigenvalue weighted by Gasteiger charge is 2.27. The maximum absolute atomic E-state index is 11.9. The van der Waals surface area contributed by atoms with Crippen LogP contribution in [0.5, 0.6) is 0 Å². The summed E-state index contributed by atoms with van der Waals surface area (Å²) in [4.78, 5) is 11.4. The lowest BCUT2D eigenvalue weighted by Crippen LogP contribution is -2.33. The molecule has 1 rings (SSSR count). The lowest BCUT2D eigenvalue weighted by atomic mass is 10.1. The molecule has 0 heterocycles. The first-order chi connectivity index (χ1) is 7.81. The van der Waals surface area contributed by atoms with Gasteiger partial charge in [0.25, 0.3) is 5.91 Å². The second kappa shape index (κ2) is 5.07. The van der Waals surface area contributed by atoms with E-state index in [1.807, 2.05) is 6.92 Å². The minimum Gasteiger partial charge on any atom is -0.399 e. The van der Waals surface area contributed by atoms with Gasteiger partial charge < -0.3 is 11.1 Å². The standard InChI is InChI=1S/C11H13F3N2O/c1-2-7-3-8(5-9(15)4-7)10(17)16-6-11(12,13)14/h3-5H,2,6,15H2,1H3,(H,16,17). The number of hydrogen-bond acceptors (Lipinski definition) is 2. The highest BCUT2D eigenvalue weighted by Crippen LogP contribution is 2.15. The van der Waals surface area contributed by atoms with Gasteiger partial charge in [-0.15, -0.1) is 0 Å². The molecule has 0 radical (unpaired) electrons. The summed E-state index contributed by atoms with van der Waals surface area (Å²) in [6.45, 7) is 0.522. The van der Waals surface area contributed by atoms with Gasteiger partial charge in [-0.3, -0.25) is 4.79 Å². The van der Waals surface area contributed by atoms with Crippen LogP contribution >= 0.6 is 0 Å². The average molecular weight is 246 g/mol. The molecule has 0 fully saturated rings. The Bertz CT molecular complexity index is 416. The molecular weight excluding hydrogens is 233 g/mol. The Balaban J connectivity index is 2.78. The van der Waals surface area contributed by atoms with Gasteiger partial charge in [0.2, 0.25) is 0 Å². The van der Waals surface area contributed by atoms with Crippen LogP contribution in [0.2, 0.25) is 0 Å². The Morgan fingerprint density at radius 3 is 2.53 bits per heavy atom. The molecule has 0 aliphatic carbocycles. The Morgan fingerprint density at radius 2 is 2.00 bits per heavy atom. The van der Waals surface area contributed by atoms with Crippen LogP contribution in [0.4, 0.5) is 18.9 Å². The van der Waals surface area contributed by atoms with Crippen molar-refractivity contribution in [2.45, 2.75) is 19.5 Å². The van der Waals surface area contributed by atoms with E-state index in [4.69, 9.17) is 5.73 Å². The lowest BCUT2D eigenvalue weighted by Gasteiger charge is -2.09. The van der Waals surface area contributed by atoms with Gasteiger partial charge >= 0.3 is 6.18 Å². The lowest BCUT2D eigenvalue weighted by molar-refractivity contribution is -0.123. The summed E-state index contributed by atoms with van der Waals surface area (Å²) in [5, 5.41) is 1.80. The van der Waals surface area contributed by atoms with E-state index in [1.165, 1.54) is 12.1 Å². The van der Waals surface area contributed by atoms with Crippen LogP contribution < -0.4 is 11.1 Å². The van der Waals surface area contributed by atoms with Crippen molar-refractivity contribution in [1.82, 2.24) is 5.32 Å². The van der Waals surface area contributed by atoms with Gasteiger partial charge in [-0.1, -0.05) is 6.92 Å². The first kappa shape index (κ1) is 13.3. The highest BCUT2D eigenvalue weighted by atomic mass is 19.4. The zero-order valence-electron chi connectivity index (χ0n) is 9.27. The molecule has 1 aromatic carbocycles. The molecule has 3 nitrogen and oxygen atoms in total. The molecular formula is C11H13F3N2O. The van der Waals surface area contributed by atoms with Crippen molar-refractivity contribution in [3.63, 3.8) is 0 Å². The van der Waals surface area contributed by atoms with E-state index in [0.29, 0.717) is 12.1 Å². The number of nitrogens with one attached hydrogen (secondary N) is 1. The summed E-state index contributed by atoms with van der Waals surface area (Å²) in [6.07, 6.45) is -3.76. The van der Waals surface area contributed by atoms with Gasteiger partial charge in [-0.25, -0.2) is 0 Å². The fourth-order valence-electron chi connectivity index (χ4n) is 1.34. The summed E-state index contributed by atoms with van der Waals surface area (Å²) >= 11 is 0. The van der Waals surface area contributed by atoms with Crippen molar-refractivity contribution in [2.75, 3.05) is 12.3 Å². The molecule has 6 heteroatoms. The number of aryl methyl sites for hydroxylation is 1. The average Bonchev–Trinajstić information content (AvgIpc) is 2.23. The van der Waals surface area contributed by atoms with Crippen LogP contribution in [0.15, 0.2) is 18.2 Å². The van der Waals surface area contributed by atoms with Gasteiger partial charge in [-0.2, -0.15) is 13.2 Å². The first-order valence-corrected chi connectivity index (χ1v) is 5.06. The van der Waals surface area contributed by atoms with Crippen molar-refractivity contribution in [2.24, 2.45) is 0 Å². The fourth-order valence-corrected chi connectivity index (χ4v) is 1.34. The third-order valence-electron chi connectivity index (χ3n) is 2.13. The minimum absolute atomic E-state index is 0.145. The zero-order valence-corrected chi connectivity index (χ0v) is 9.27. The second-order valence-electron chi connectivity index (χ2n) is 3.61. The highest BCUT2D eigenvalue weighted by molar-refractivity contribution is 5.95. The molecule has 0 aromatic heterocycles.